The van der Waals surface area contributed by atoms with Crippen LogP contribution in [0.15, 0.2) is 24.3 Å². The Morgan fingerprint density at radius 3 is 1.96 bits per heavy atom. The van der Waals surface area contributed by atoms with Gasteiger partial charge in [-0.05, 0) is 18.6 Å². The highest BCUT2D eigenvalue weighted by atomic mass is 16.5. The molecule has 0 atom stereocenters. The molecule has 0 unspecified atom stereocenters. The van der Waals surface area contributed by atoms with Crippen LogP contribution in [0.25, 0.3) is 0 Å². The quantitative estimate of drug-likeness (QED) is 0.348. The second kappa shape index (κ2) is 15.1. The molecular formula is C22H36N2O3. The first kappa shape index (κ1) is 23.0. The summed E-state index contributed by atoms with van der Waals surface area (Å²) < 4.78 is 5.14. The van der Waals surface area contributed by atoms with Crippen molar-refractivity contribution in [2.45, 2.75) is 84.0 Å². The summed E-state index contributed by atoms with van der Waals surface area (Å²) in [6.45, 7) is 2.24. The Balaban J connectivity index is 2.02. The molecule has 0 bridgehead atoms. The van der Waals surface area contributed by atoms with Gasteiger partial charge < -0.3 is 4.74 Å². The third kappa shape index (κ3) is 10.6. The van der Waals surface area contributed by atoms with Gasteiger partial charge in [0.1, 0.15) is 5.75 Å². The number of carbonyl (C=O) groups excluding carboxylic acids is 2. The molecule has 0 aromatic heterocycles. The molecule has 1 aromatic rings. The lowest BCUT2D eigenvalue weighted by atomic mass is 10.1. The van der Waals surface area contributed by atoms with Gasteiger partial charge in [0.15, 0.2) is 0 Å². The number of para-hydroxylation sites is 1. The van der Waals surface area contributed by atoms with E-state index in [0.29, 0.717) is 17.7 Å². The largest absolute Gasteiger partial charge is 0.496 e. The van der Waals surface area contributed by atoms with E-state index in [1.807, 2.05) is 0 Å². The number of hydrazine groups is 1. The van der Waals surface area contributed by atoms with E-state index < -0.39 is 0 Å². The minimum absolute atomic E-state index is 0.158. The van der Waals surface area contributed by atoms with Crippen LogP contribution in [0.3, 0.4) is 0 Å². The average molecular weight is 377 g/mol. The summed E-state index contributed by atoms with van der Waals surface area (Å²) >= 11 is 0. The predicted octanol–water partition coefficient (Wildman–Crippen LogP) is 5.16. The molecule has 0 aliphatic heterocycles. The number of hydrogen-bond acceptors (Lipinski definition) is 3. The van der Waals surface area contributed by atoms with Crippen LogP contribution in [0.1, 0.15) is 94.3 Å². The first-order valence-electron chi connectivity index (χ1n) is 10.4. The standard InChI is InChI=1S/C22H36N2O3/c1-3-4-5-6-7-8-9-10-11-12-13-18-21(25)23-24-22(26)19-16-14-15-17-20(19)27-2/h14-17H,3-13,18H2,1-2H3,(H,23,25)(H,24,26). The summed E-state index contributed by atoms with van der Waals surface area (Å²) in [6.07, 6.45) is 14.2. The van der Waals surface area contributed by atoms with Crippen LogP contribution in [0, 0.1) is 0 Å². The maximum atomic E-state index is 12.1. The second-order valence-electron chi connectivity index (χ2n) is 6.99. The van der Waals surface area contributed by atoms with Gasteiger partial charge in [0.05, 0.1) is 12.7 Å². The fraction of sp³-hybridized carbons (Fsp3) is 0.636. The summed E-state index contributed by atoms with van der Waals surface area (Å²) in [7, 11) is 1.51. The summed E-state index contributed by atoms with van der Waals surface area (Å²) in [5, 5.41) is 0. The lowest BCUT2D eigenvalue weighted by molar-refractivity contribution is -0.122. The van der Waals surface area contributed by atoms with E-state index in [2.05, 4.69) is 17.8 Å². The normalized spacial score (nSPS) is 10.4. The number of carbonyl (C=O) groups is 2. The minimum Gasteiger partial charge on any atom is -0.496 e. The smallest absolute Gasteiger partial charge is 0.273 e. The summed E-state index contributed by atoms with van der Waals surface area (Å²) in [4.78, 5) is 23.9. The Kier molecular flexibility index (Phi) is 12.8. The van der Waals surface area contributed by atoms with E-state index in [1.165, 1.54) is 64.9 Å². The van der Waals surface area contributed by atoms with Crippen LogP contribution >= 0.6 is 0 Å². The number of unbranched alkanes of at least 4 members (excludes halogenated alkanes) is 10. The Morgan fingerprint density at radius 2 is 1.37 bits per heavy atom. The lowest BCUT2D eigenvalue weighted by Crippen LogP contribution is -2.41. The third-order valence-corrected chi connectivity index (χ3v) is 4.67. The summed E-state index contributed by atoms with van der Waals surface area (Å²) in [5.41, 5.74) is 5.32. The number of methoxy groups -OCH3 is 1. The number of amides is 2. The van der Waals surface area contributed by atoms with Gasteiger partial charge in [-0.15, -0.1) is 0 Å². The van der Waals surface area contributed by atoms with Crippen molar-refractivity contribution >= 4 is 11.8 Å². The van der Waals surface area contributed by atoms with Crippen LogP contribution in [-0.4, -0.2) is 18.9 Å². The summed E-state index contributed by atoms with van der Waals surface area (Å²) in [6, 6.07) is 6.91. The van der Waals surface area contributed by atoms with Gasteiger partial charge in [0, 0.05) is 6.42 Å². The first-order chi connectivity index (χ1) is 13.2. The molecule has 0 fully saturated rings. The number of rotatable bonds is 14. The van der Waals surface area contributed by atoms with Crippen LogP contribution in [-0.2, 0) is 4.79 Å². The fourth-order valence-corrected chi connectivity index (χ4v) is 3.04. The maximum Gasteiger partial charge on any atom is 0.273 e. The molecule has 5 heteroatoms. The molecule has 0 heterocycles. The van der Waals surface area contributed by atoms with E-state index in [0.717, 1.165) is 12.8 Å². The second-order valence-corrected chi connectivity index (χ2v) is 6.99. The molecule has 0 spiro atoms. The van der Waals surface area contributed by atoms with E-state index >= 15 is 0 Å². The van der Waals surface area contributed by atoms with Crippen molar-refractivity contribution in [1.82, 2.24) is 10.9 Å². The molecule has 0 saturated carbocycles. The molecule has 1 aromatic carbocycles. The van der Waals surface area contributed by atoms with Crippen molar-refractivity contribution in [2.24, 2.45) is 0 Å². The molecule has 2 N–H and O–H groups in total. The lowest BCUT2D eigenvalue weighted by Gasteiger charge is -2.10. The highest BCUT2D eigenvalue weighted by Crippen LogP contribution is 2.16. The molecule has 0 aliphatic carbocycles. The predicted molar refractivity (Wildman–Crippen MR) is 110 cm³/mol. The molecule has 1 rings (SSSR count). The van der Waals surface area contributed by atoms with Crippen LogP contribution in [0.5, 0.6) is 5.75 Å². The number of ether oxygens (including phenoxy) is 1. The summed E-state index contributed by atoms with van der Waals surface area (Å²) in [5.74, 6) is -0.0523. The molecule has 27 heavy (non-hydrogen) atoms. The Morgan fingerprint density at radius 1 is 0.815 bits per heavy atom. The van der Waals surface area contributed by atoms with Crippen LogP contribution in [0.2, 0.25) is 0 Å². The highest BCUT2D eigenvalue weighted by Gasteiger charge is 2.11. The van der Waals surface area contributed by atoms with Gasteiger partial charge in [-0.3, -0.25) is 20.4 Å². The SMILES string of the molecule is CCCCCCCCCCCCCC(=O)NNC(=O)c1ccccc1OC. The maximum absolute atomic E-state index is 12.1. The van der Waals surface area contributed by atoms with E-state index in [1.54, 1.807) is 24.3 Å². The topological polar surface area (TPSA) is 67.4 Å². The first-order valence-corrected chi connectivity index (χ1v) is 10.4. The van der Waals surface area contributed by atoms with E-state index in [9.17, 15) is 9.59 Å². The van der Waals surface area contributed by atoms with E-state index in [-0.39, 0.29) is 11.8 Å². The zero-order valence-corrected chi connectivity index (χ0v) is 17.0. The molecule has 0 aliphatic rings. The molecule has 2 amide bonds. The van der Waals surface area contributed by atoms with Crippen molar-refractivity contribution in [3.8, 4) is 5.75 Å². The third-order valence-electron chi connectivity index (χ3n) is 4.67. The van der Waals surface area contributed by atoms with Gasteiger partial charge in [-0.25, -0.2) is 0 Å². The van der Waals surface area contributed by atoms with Crippen molar-refractivity contribution in [1.29, 1.82) is 0 Å². The number of nitrogens with one attached hydrogen (secondary N) is 2. The van der Waals surface area contributed by atoms with Gasteiger partial charge in [0.2, 0.25) is 5.91 Å². The minimum atomic E-state index is -0.375. The van der Waals surface area contributed by atoms with Crippen molar-refractivity contribution in [3.63, 3.8) is 0 Å². The van der Waals surface area contributed by atoms with Crippen molar-refractivity contribution < 1.29 is 14.3 Å². The van der Waals surface area contributed by atoms with Gasteiger partial charge in [0.25, 0.3) is 5.91 Å². The van der Waals surface area contributed by atoms with Gasteiger partial charge in [-0.1, -0.05) is 83.3 Å². The van der Waals surface area contributed by atoms with E-state index in [4.69, 9.17) is 4.74 Å². The Hall–Kier alpha value is -2.04. The monoisotopic (exact) mass is 376 g/mol. The van der Waals surface area contributed by atoms with Gasteiger partial charge >= 0.3 is 0 Å². The average Bonchev–Trinajstić information content (AvgIpc) is 2.70. The van der Waals surface area contributed by atoms with Crippen molar-refractivity contribution in [2.75, 3.05) is 7.11 Å². The highest BCUT2D eigenvalue weighted by molar-refractivity contribution is 5.97. The molecule has 0 saturated heterocycles. The number of benzene rings is 1. The van der Waals surface area contributed by atoms with Crippen LogP contribution < -0.4 is 15.6 Å². The zero-order valence-electron chi connectivity index (χ0n) is 17.0. The molecule has 5 nitrogen and oxygen atoms in total. The fourth-order valence-electron chi connectivity index (χ4n) is 3.04. The molecular weight excluding hydrogens is 340 g/mol. The zero-order chi connectivity index (χ0) is 19.7. The van der Waals surface area contributed by atoms with Crippen molar-refractivity contribution in [3.05, 3.63) is 29.8 Å². The molecule has 0 radical (unpaired) electrons. The molecule has 152 valence electrons. The van der Waals surface area contributed by atoms with Crippen LogP contribution in [0.4, 0.5) is 0 Å². The Bertz CT molecular complexity index is 546. The number of hydrogen-bond donors (Lipinski definition) is 2. The Labute approximate surface area is 164 Å². The van der Waals surface area contributed by atoms with Gasteiger partial charge in [-0.2, -0.15) is 0 Å².